The molecule has 2 aromatic rings. The van der Waals surface area contributed by atoms with Crippen LogP contribution in [0.2, 0.25) is 0 Å². The Bertz CT molecular complexity index is 644. The van der Waals surface area contributed by atoms with Gasteiger partial charge in [0.15, 0.2) is 10.8 Å². The van der Waals surface area contributed by atoms with E-state index >= 15 is 0 Å². The Hall–Kier alpha value is -1.48. The first-order valence-corrected chi connectivity index (χ1v) is 7.26. The molecule has 0 atom stereocenters. The molecule has 0 aliphatic carbocycles. The van der Waals surface area contributed by atoms with Crippen LogP contribution in [0.25, 0.3) is 5.57 Å². The van der Waals surface area contributed by atoms with Crippen LogP contribution in [0.1, 0.15) is 35.6 Å². The second kappa shape index (κ2) is 4.57. The molecule has 0 aromatic carbocycles. The highest BCUT2D eigenvalue weighted by Crippen LogP contribution is 2.31. The Morgan fingerprint density at radius 3 is 2.89 bits per heavy atom. The molecule has 0 amide bonds. The zero-order valence-electron chi connectivity index (χ0n) is 10.4. The molecule has 7 nitrogen and oxygen atoms in total. The van der Waals surface area contributed by atoms with E-state index in [0.29, 0.717) is 12.6 Å². The average molecular weight is 342 g/mol. The lowest BCUT2D eigenvalue weighted by atomic mass is 10.2. The van der Waals surface area contributed by atoms with Gasteiger partial charge in [-0.25, -0.2) is 4.68 Å². The summed E-state index contributed by atoms with van der Waals surface area (Å²) in [5.41, 5.74) is 6.53. The van der Waals surface area contributed by atoms with Crippen molar-refractivity contribution in [1.82, 2.24) is 28.9 Å². The second-order valence-electron chi connectivity index (χ2n) is 4.48. The van der Waals surface area contributed by atoms with E-state index in [4.69, 9.17) is 5.73 Å². The van der Waals surface area contributed by atoms with Crippen molar-refractivity contribution in [3.63, 3.8) is 0 Å². The fourth-order valence-corrected chi connectivity index (χ4v) is 3.02. The Morgan fingerprint density at radius 2 is 2.21 bits per heavy atom. The molecule has 3 rings (SSSR count). The van der Waals surface area contributed by atoms with Crippen LogP contribution < -0.4 is 5.73 Å². The smallest absolute Gasteiger partial charge is 0.240 e. The molecule has 100 valence electrons. The normalized spacial score (nSPS) is 14.7. The zero-order chi connectivity index (χ0) is 13.6. The Morgan fingerprint density at radius 1 is 1.42 bits per heavy atom. The van der Waals surface area contributed by atoms with Crippen LogP contribution in [-0.4, -0.2) is 28.9 Å². The monoisotopic (exact) mass is 341 g/mol. The van der Waals surface area contributed by atoms with Gasteiger partial charge in [0.2, 0.25) is 5.95 Å². The highest BCUT2D eigenvalue weighted by atomic mass is 79.9. The number of fused-ring (bicyclic) bond motifs is 1. The number of anilines is 1. The summed E-state index contributed by atoms with van der Waals surface area (Å²) in [4.78, 5) is 4.25. The fourth-order valence-electron chi connectivity index (χ4n) is 1.75. The van der Waals surface area contributed by atoms with E-state index in [9.17, 15) is 0 Å². The van der Waals surface area contributed by atoms with Crippen molar-refractivity contribution in [1.29, 1.82) is 0 Å². The number of nitrogens with zero attached hydrogens (tertiary/aromatic N) is 6. The van der Waals surface area contributed by atoms with Crippen LogP contribution in [0.4, 0.5) is 5.95 Å². The maximum atomic E-state index is 5.66. The predicted octanol–water partition coefficient (Wildman–Crippen LogP) is 1.81. The fraction of sp³-hybridized carbons (Fsp3) is 0.400. The van der Waals surface area contributed by atoms with Gasteiger partial charge in [0.1, 0.15) is 11.7 Å². The lowest BCUT2D eigenvalue weighted by Gasteiger charge is -2.19. The van der Waals surface area contributed by atoms with Crippen LogP contribution in [0.5, 0.6) is 0 Å². The summed E-state index contributed by atoms with van der Waals surface area (Å²) in [6.07, 6.45) is 1.92. The Kier molecular flexibility index (Phi) is 3.02. The number of nitrogen functional groups attached to an aromatic ring is 1. The lowest BCUT2D eigenvalue weighted by Crippen LogP contribution is -2.20. The Balaban J connectivity index is 2.06. The lowest BCUT2D eigenvalue weighted by molar-refractivity contribution is 0.443. The maximum Gasteiger partial charge on any atom is 0.240 e. The zero-order valence-corrected chi connectivity index (χ0v) is 12.8. The van der Waals surface area contributed by atoms with Gasteiger partial charge in [-0.1, -0.05) is 25.2 Å². The van der Waals surface area contributed by atoms with Crippen LogP contribution in [-0.2, 0) is 6.67 Å². The average Bonchev–Trinajstić information content (AvgIpc) is 2.93. The standard InChI is InChI=1S/C10H12BrN7S/c1-5(2)8-14-15-9(19-8)6-3-17(11)4-18-7(6)13-10(12)16-18/h3,5H,4H2,1-2H3,(H2,12,16). The summed E-state index contributed by atoms with van der Waals surface area (Å²) in [6.45, 7) is 4.74. The number of hydrogen-bond acceptors (Lipinski definition) is 7. The molecule has 0 radical (unpaired) electrons. The first kappa shape index (κ1) is 12.5. The summed E-state index contributed by atoms with van der Waals surface area (Å²) in [5, 5.41) is 14.4. The van der Waals surface area contributed by atoms with Crippen molar-refractivity contribution in [2.24, 2.45) is 0 Å². The molecule has 1 aliphatic heterocycles. The summed E-state index contributed by atoms with van der Waals surface area (Å²) in [7, 11) is 0. The molecule has 0 fully saturated rings. The summed E-state index contributed by atoms with van der Waals surface area (Å²) < 4.78 is 3.57. The maximum absolute atomic E-state index is 5.66. The van der Waals surface area contributed by atoms with Crippen molar-refractivity contribution >= 4 is 39.0 Å². The second-order valence-corrected chi connectivity index (χ2v) is 6.40. The minimum atomic E-state index is 0.261. The molecule has 19 heavy (non-hydrogen) atoms. The first-order chi connectivity index (χ1) is 9.04. The topological polar surface area (TPSA) is 85.8 Å². The number of rotatable bonds is 2. The van der Waals surface area contributed by atoms with Crippen LogP contribution in [0.3, 0.4) is 0 Å². The van der Waals surface area contributed by atoms with E-state index in [1.807, 2.05) is 10.1 Å². The molecule has 2 N–H and O–H groups in total. The summed E-state index contributed by atoms with van der Waals surface area (Å²) in [6, 6.07) is 0. The first-order valence-electron chi connectivity index (χ1n) is 5.73. The van der Waals surface area contributed by atoms with Gasteiger partial charge in [0.05, 0.1) is 21.7 Å². The molecule has 1 aliphatic rings. The van der Waals surface area contributed by atoms with Gasteiger partial charge in [0, 0.05) is 12.1 Å². The predicted molar refractivity (Wildman–Crippen MR) is 76.3 cm³/mol. The van der Waals surface area contributed by atoms with Gasteiger partial charge in [-0.15, -0.1) is 15.3 Å². The minimum Gasteiger partial charge on any atom is -0.366 e. The van der Waals surface area contributed by atoms with Gasteiger partial charge in [0.25, 0.3) is 0 Å². The molecule has 3 heterocycles. The quantitative estimate of drug-likeness (QED) is 0.838. The number of aromatic nitrogens is 5. The number of hydrogen-bond donors (Lipinski definition) is 1. The highest BCUT2D eigenvalue weighted by Gasteiger charge is 2.24. The number of halogens is 1. The molecule has 0 saturated carbocycles. The van der Waals surface area contributed by atoms with E-state index in [2.05, 4.69) is 50.3 Å². The third-order valence-corrected chi connectivity index (χ3v) is 4.32. The van der Waals surface area contributed by atoms with Crippen molar-refractivity contribution in [2.75, 3.05) is 5.73 Å². The van der Waals surface area contributed by atoms with Gasteiger partial charge < -0.3 is 5.73 Å². The Labute approximate surface area is 122 Å². The van der Waals surface area contributed by atoms with Crippen molar-refractivity contribution in [3.8, 4) is 0 Å². The third-order valence-electron chi connectivity index (χ3n) is 2.63. The molecule has 0 unspecified atom stereocenters. The van der Waals surface area contributed by atoms with E-state index in [1.54, 1.807) is 16.0 Å². The van der Waals surface area contributed by atoms with Gasteiger partial charge in [-0.2, -0.15) is 4.98 Å². The molecule has 9 heteroatoms. The highest BCUT2D eigenvalue weighted by molar-refractivity contribution is 9.07. The van der Waals surface area contributed by atoms with E-state index in [0.717, 1.165) is 21.4 Å². The van der Waals surface area contributed by atoms with Crippen LogP contribution >= 0.6 is 27.5 Å². The molecule has 2 aromatic heterocycles. The summed E-state index contributed by atoms with van der Waals surface area (Å²) in [5.74, 6) is 1.34. The van der Waals surface area contributed by atoms with Gasteiger partial charge >= 0.3 is 0 Å². The molecular formula is C10H12BrN7S. The van der Waals surface area contributed by atoms with E-state index < -0.39 is 0 Å². The van der Waals surface area contributed by atoms with Crippen molar-refractivity contribution < 1.29 is 0 Å². The summed E-state index contributed by atoms with van der Waals surface area (Å²) >= 11 is 4.99. The van der Waals surface area contributed by atoms with Crippen LogP contribution in [0, 0.1) is 0 Å². The van der Waals surface area contributed by atoms with E-state index in [1.165, 1.54) is 0 Å². The minimum absolute atomic E-state index is 0.261. The van der Waals surface area contributed by atoms with E-state index in [-0.39, 0.29) is 5.95 Å². The van der Waals surface area contributed by atoms with Gasteiger partial charge in [-0.05, 0) is 0 Å². The third kappa shape index (κ3) is 2.23. The molecule has 0 saturated heterocycles. The molecule has 0 spiro atoms. The SMILES string of the molecule is CC(C)c1nnc(C2=CN(Br)Cn3nc(N)nc32)s1. The van der Waals surface area contributed by atoms with Crippen LogP contribution in [0.15, 0.2) is 6.20 Å². The van der Waals surface area contributed by atoms with Crippen molar-refractivity contribution in [3.05, 3.63) is 22.0 Å². The molecule has 0 bridgehead atoms. The van der Waals surface area contributed by atoms with Gasteiger partial charge in [-0.3, -0.25) is 3.93 Å². The molecular weight excluding hydrogens is 330 g/mol. The van der Waals surface area contributed by atoms with Crippen molar-refractivity contribution in [2.45, 2.75) is 26.4 Å². The number of nitrogens with two attached hydrogens (primary N) is 1. The largest absolute Gasteiger partial charge is 0.366 e.